The molecule has 1 aliphatic heterocycles. The van der Waals surface area contributed by atoms with Crippen molar-refractivity contribution in [2.75, 3.05) is 13.1 Å². The van der Waals surface area contributed by atoms with E-state index in [0.29, 0.717) is 35.9 Å². The third-order valence-corrected chi connectivity index (χ3v) is 7.90. The highest BCUT2D eigenvalue weighted by molar-refractivity contribution is 5.88. The first kappa shape index (κ1) is 32.0. The van der Waals surface area contributed by atoms with Crippen LogP contribution < -0.4 is 16.4 Å². The monoisotopic (exact) mass is 563 g/mol. The third kappa shape index (κ3) is 9.00. The molecule has 0 saturated heterocycles. The van der Waals surface area contributed by atoms with Crippen LogP contribution in [0.5, 0.6) is 0 Å². The van der Waals surface area contributed by atoms with Gasteiger partial charge < -0.3 is 16.4 Å². The number of pyridine rings is 1. The number of alkyl halides is 2. The smallest absolute Gasteiger partial charge is 0.264 e. The molecule has 1 saturated carbocycles. The van der Waals surface area contributed by atoms with Gasteiger partial charge in [0.2, 0.25) is 0 Å². The Hall–Kier alpha value is -3.48. The van der Waals surface area contributed by atoms with Crippen molar-refractivity contribution in [3.05, 3.63) is 94.3 Å². The van der Waals surface area contributed by atoms with Gasteiger partial charge in [-0.2, -0.15) is 0 Å². The van der Waals surface area contributed by atoms with E-state index in [1.54, 1.807) is 18.6 Å². The molecule has 0 aromatic carbocycles. The van der Waals surface area contributed by atoms with Crippen molar-refractivity contribution in [3.63, 3.8) is 0 Å². The number of hydrogen-bond donors (Lipinski definition) is 3. The normalized spacial score (nSPS) is 20.5. The number of halogens is 2. The first-order valence-electron chi connectivity index (χ1n) is 15.0. The van der Waals surface area contributed by atoms with Crippen LogP contribution in [0, 0.1) is 6.92 Å². The molecule has 0 unspecified atom stereocenters. The van der Waals surface area contributed by atoms with Crippen molar-refractivity contribution in [1.29, 1.82) is 0 Å². The molecule has 41 heavy (non-hydrogen) atoms. The quantitative estimate of drug-likeness (QED) is 0.241. The summed E-state index contributed by atoms with van der Waals surface area (Å²) in [5.74, 6) is 0. The highest BCUT2D eigenvalue weighted by atomic mass is 19.3. The predicted octanol–water partition coefficient (Wildman–Crippen LogP) is 7.70. The summed E-state index contributed by atoms with van der Waals surface area (Å²) in [5.41, 5.74) is 13.6. The van der Waals surface area contributed by atoms with E-state index in [4.69, 9.17) is 5.73 Å². The van der Waals surface area contributed by atoms with Gasteiger partial charge in [0.25, 0.3) is 6.43 Å². The van der Waals surface area contributed by atoms with E-state index in [2.05, 4.69) is 34.1 Å². The van der Waals surface area contributed by atoms with Gasteiger partial charge >= 0.3 is 0 Å². The molecule has 1 aliphatic carbocycles. The molecular formula is C34H47F2N5. The molecule has 1 fully saturated rings. The van der Waals surface area contributed by atoms with Crippen LogP contribution in [0.15, 0.2) is 88.1 Å². The van der Waals surface area contributed by atoms with Crippen LogP contribution in [-0.2, 0) is 0 Å². The molecule has 222 valence electrons. The zero-order valence-corrected chi connectivity index (χ0v) is 25.0. The third-order valence-electron chi connectivity index (χ3n) is 7.90. The lowest BCUT2D eigenvalue weighted by Crippen LogP contribution is -2.33. The second-order valence-corrected chi connectivity index (χ2v) is 10.7. The summed E-state index contributed by atoms with van der Waals surface area (Å²) in [6.07, 6.45) is 18.1. The minimum absolute atomic E-state index is 0.0740. The number of rotatable bonds is 11. The van der Waals surface area contributed by atoms with Gasteiger partial charge in [-0.3, -0.25) is 9.98 Å². The van der Waals surface area contributed by atoms with Crippen molar-refractivity contribution in [1.82, 2.24) is 15.6 Å². The van der Waals surface area contributed by atoms with Crippen LogP contribution in [0.25, 0.3) is 5.57 Å². The molecule has 1 aromatic heterocycles. The lowest BCUT2D eigenvalue weighted by Gasteiger charge is -2.28. The van der Waals surface area contributed by atoms with Gasteiger partial charge in [-0.15, -0.1) is 0 Å². The maximum absolute atomic E-state index is 14.7. The van der Waals surface area contributed by atoms with E-state index < -0.39 is 6.43 Å². The molecular weight excluding hydrogens is 516 g/mol. The molecule has 1 aromatic rings. The van der Waals surface area contributed by atoms with Crippen molar-refractivity contribution < 1.29 is 8.78 Å². The molecule has 3 rings (SSSR count). The average Bonchev–Trinajstić information content (AvgIpc) is 2.97. The number of nitrogens with two attached hydrogens (primary N) is 1. The molecule has 0 amide bonds. The van der Waals surface area contributed by atoms with Gasteiger partial charge in [0.05, 0.1) is 0 Å². The van der Waals surface area contributed by atoms with Crippen LogP contribution in [0.4, 0.5) is 8.78 Å². The molecule has 5 nitrogen and oxygen atoms in total. The van der Waals surface area contributed by atoms with Gasteiger partial charge in [0, 0.05) is 66.7 Å². The Morgan fingerprint density at radius 1 is 1.22 bits per heavy atom. The molecule has 7 heteroatoms. The topological polar surface area (TPSA) is 75.3 Å². The minimum Gasteiger partial charge on any atom is -0.398 e. The van der Waals surface area contributed by atoms with Crippen molar-refractivity contribution >= 4 is 11.8 Å². The van der Waals surface area contributed by atoms with Gasteiger partial charge in [-0.25, -0.2) is 8.78 Å². The highest BCUT2D eigenvalue weighted by Crippen LogP contribution is 2.36. The summed E-state index contributed by atoms with van der Waals surface area (Å²) in [6.45, 7) is 11.0. The maximum atomic E-state index is 14.7. The molecule has 0 atom stereocenters. The summed E-state index contributed by atoms with van der Waals surface area (Å²) in [6, 6.07) is 2.32. The summed E-state index contributed by atoms with van der Waals surface area (Å²) in [4.78, 5) is 8.69. The molecule has 2 aliphatic rings. The molecule has 4 N–H and O–H groups in total. The largest absolute Gasteiger partial charge is 0.398 e. The number of allylic oxidation sites excluding steroid dienone is 8. The van der Waals surface area contributed by atoms with E-state index in [1.165, 1.54) is 31.6 Å². The van der Waals surface area contributed by atoms with Crippen molar-refractivity contribution in [3.8, 4) is 0 Å². The van der Waals surface area contributed by atoms with E-state index in [1.807, 2.05) is 32.1 Å². The molecule has 0 bridgehead atoms. The van der Waals surface area contributed by atoms with Gasteiger partial charge in [0.1, 0.15) is 0 Å². The van der Waals surface area contributed by atoms with Crippen LogP contribution in [0.2, 0.25) is 0 Å². The number of nitrogens with zero attached hydrogens (tertiary/aromatic N) is 2. The zero-order valence-electron chi connectivity index (χ0n) is 25.0. The fourth-order valence-electron chi connectivity index (χ4n) is 5.69. The Bertz CT molecular complexity index is 1210. The first-order valence-corrected chi connectivity index (χ1v) is 15.0. The van der Waals surface area contributed by atoms with Gasteiger partial charge in [-0.05, 0) is 98.2 Å². The Kier molecular flexibility index (Phi) is 13.1. The minimum atomic E-state index is -2.68. The van der Waals surface area contributed by atoms with Gasteiger partial charge in [-0.1, -0.05) is 38.8 Å². The van der Waals surface area contributed by atoms with E-state index in [0.717, 1.165) is 66.6 Å². The number of aliphatic imine (C=N–C) groups is 1. The van der Waals surface area contributed by atoms with Gasteiger partial charge in [0.15, 0.2) is 0 Å². The van der Waals surface area contributed by atoms with Crippen LogP contribution in [0.1, 0.15) is 82.8 Å². The standard InChI is InChI=1S/C34H47F2N5/c1-5-27(31-23-40-19-15-24(31)4)30-22-25(12-11-18-39-20-16-29(30)34(35)36)33(37)28(6-2)32(17-21-38-7-3)41-26-13-9-8-10-14-26/h5,7,15-16,19-20,22-23,26,34,38,41H,3,6,8-14,17-18,21,37H2,1-2,4H3/b27-5-,29-16?,30-22-,32-28-,33-25-,39-20?. The first-order chi connectivity index (χ1) is 19.9. The van der Waals surface area contributed by atoms with E-state index in [9.17, 15) is 8.78 Å². The van der Waals surface area contributed by atoms with E-state index >= 15 is 0 Å². The second-order valence-electron chi connectivity index (χ2n) is 10.7. The average molecular weight is 564 g/mol. The Labute approximate surface area is 245 Å². The lowest BCUT2D eigenvalue weighted by molar-refractivity contribution is 0.193. The summed E-state index contributed by atoms with van der Waals surface area (Å²) < 4.78 is 29.3. The number of aromatic nitrogens is 1. The van der Waals surface area contributed by atoms with Crippen LogP contribution in [-0.4, -0.2) is 36.8 Å². The second kappa shape index (κ2) is 16.7. The van der Waals surface area contributed by atoms with Crippen molar-refractivity contribution in [2.45, 2.75) is 91.0 Å². The number of nitrogens with one attached hydrogen (secondary N) is 2. The molecule has 2 heterocycles. The fraction of sp³-hybridized carbons (Fsp3) is 0.471. The van der Waals surface area contributed by atoms with Crippen LogP contribution >= 0.6 is 0 Å². The zero-order chi connectivity index (χ0) is 29.6. The molecule has 0 radical (unpaired) electrons. The van der Waals surface area contributed by atoms with Crippen LogP contribution in [0.3, 0.4) is 0 Å². The maximum Gasteiger partial charge on any atom is 0.264 e. The Morgan fingerprint density at radius 2 is 2.00 bits per heavy atom. The Balaban J connectivity index is 2.23. The fourth-order valence-corrected chi connectivity index (χ4v) is 5.69. The van der Waals surface area contributed by atoms with Crippen molar-refractivity contribution in [2.24, 2.45) is 10.7 Å². The highest BCUT2D eigenvalue weighted by Gasteiger charge is 2.23. The predicted molar refractivity (Wildman–Crippen MR) is 169 cm³/mol. The molecule has 0 spiro atoms. The van der Waals surface area contributed by atoms with E-state index in [-0.39, 0.29) is 5.57 Å². The lowest BCUT2D eigenvalue weighted by atomic mass is 9.87. The Morgan fingerprint density at radius 3 is 2.66 bits per heavy atom. The summed E-state index contributed by atoms with van der Waals surface area (Å²) >= 11 is 0. The SMILES string of the molecule is C=CNCC/C(NC1CCCCC1)=C(CC)/C(N)=C1/C=C(/C(=C/C)c2cnccc2C)C(C(F)F)=CC=NCCC1. The summed E-state index contributed by atoms with van der Waals surface area (Å²) in [7, 11) is 0. The number of hydrogen-bond acceptors (Lipinski definition) is 5. The number of aryl methyl sites for hydroxylation is 1. The summed E-state index contributed by atoms with van der Waals surface area (Å²) in [5, 5.41) is 7.06.